The van der Waals surface area contributed by atoms with Crippen LogP contribution < -0.4 is 10.6 Å². The zero-order chi connectivity index (χ0) is 22.2. The van der Waals surface area contributed by atoms with Crippen LogP contribution in [-0.4, -0.2) is 29.6 Å². The maximum absolute atomic E-state index is 12.6. The van der Waals surface area contributed by atoms with E-state index in [-0.39, 0.29) is 5.60 Å². The van der Waals surface area contributed by atoms with Crippen molar-refractivity contribution in [3.63, 3.8) is 0 Å². The number of nitrogens with one attached hydrogen (secondary N) is 2. The van der Waals surface area contributed by atoms with Gasteiger partial charge in [-0.3, -0.25) is 0 Å². The fourth-order valence-corrected chi connectivity index (χ4v) is 3.28. The fourth-order valence-electron chi connectivity index (χ4n) is 2.47. The second-order valence-corrected chi connectivity index (χ2v) is 8.66. The Balaban J connectivity index is 1.90. The molecule has 0 spiro atoms. The van der Waals surface area contributed by atoms with Gasteiger partial charge in [-0.15, -0.1) is 11.3 Å². The van der Waals surface area contributed by atoms with Crippen molar-refractivity contribution in [1.82, 2.24) is 15.6 Å². The number of ether oxygens (including phenoxy) is 1. The third-order valence-electron chi connectivity index (χ3n) is 3.90. The Morgan fingerprint density at radius 3 is 2.53 bits per heavy atom. The number of alkyl halides is 3. The van der Waals surface area contributed by atoms with E-state index in [1.165, 1.54) is 0 Å². The third-order valence-corrected chi connectivity index (χ3v) is 4.81. The minimum Gasteiger partial charge on any atom is -0.371 e. The Labute approximate surface area is 179 Å². The van der Waals surface area contributed by atoms with E-state index in [4.69, 9.17) is 4.74 Å². The first kappa shape index (κ1) is 24.1. The van der Waals surface area contributed by atoms with Crippen molar-refractivity contribution in [2.75, 3.05) is 13.1 Å². The second kappa shape index (κ2) is 10.8. The molecule has 2 aromatic rings. The topological polar surface area (TPSA) is 58.5 Å². The van der Waals surface area contributed by atoms with Gasteiger partial charge < -0.3 is 15.4 Å². The molecule has 2 N–H and O–H groups in total. The van der Waals surface area contributed by atoms with Crippen LogP contribution in [0, 0.1) is 0 Å². The van der Waals surface area contributed by atoms with Crippen molar-refractivity contribution < 1.29 is 17.9 Å². The highest BCUT2D eigenvalue weighted by molar-refractivity contribution is 7.09. The van der Waals surface area contributed by atoms with Gasteiger partial charge in [0.2, 0.25) is 0 Å². The molecule has 0 aliphatic carbocycles. The lowest BCUT2D eigenvalue weighted by Gasteiger charge is -2.19. The average Bonchev–Trinajstić information content (AvgIpc) is 3.14. The maximum atomic E-state index is 12.6. The standard InChI is InChI=1S/C21H29F3N4OS/c1-5-25-19(26-10-9-18-28-17(14-30-18)21(22,23)24)27-12-15-7-6-8-16(11-15)13-29-20(2,3)4/h6-8,11,14H,5,9-10,12-13H2,1-4H3,(H2,25,26,27). The maximum Gasteiger partial charge on any atom is 0.434 e. The average molecular weight is 443 g/mol. The Kier molecular flexibility index (Phi) is 8.66. The normalized spacial score (nSPS) is 12.8. The zero-order valence-electron chi connectivity index (χ0n) is 17.8. The molecule has 0 fully saturated rings. The number of aliphatic imine (C=N–C) groups is 1. The smallest absolute Gasteiger partial charge is 0.371 e. The van der Waals surface area contributed by atoms with Crippen molar-refractivity contribution in [3.8, 4) is 0 Å². The molecule has 1 aromatic carbocycles. The highest BCUT2D eigenvalue weighted by atomic mass is 32.1. The molecule has 2 rings (SSSR count). The van der Waals surface area contributed by atoms with Gasteiger partial charge in [0.15, 0.2) is 11.7 Å². The van der Waals surface area contributed by atoms with E-state index < -0.39 is 11.9 Å². The lowest BCUT2D eigenvalue weighted by Crippen LogP contribution is -2.38. The Morgan fingerprint density at radius 2 is 1.90 bits per heavy atom. The number of thiazole rings is 1. The molecule has 1 aromatic heterocycles. The molecule has 9 heteroatoms. The Hall–Kier alpha value is -2.13. The summed E-state index contributed by atoms with van der Waals surface area (Å²) >= 11 is 1.02. The van der Waals surface area contributed by atoms with Gasteiger partial charge in [-0.05, 0) is 38.8 Å². The van der Waals surface area contributed by atoms with E-state index in [0.717, 1.165) is 27.8 Å². The molecule has 0 radical (unpaired) electrons. The Bertz CT molecular complexity index is 828. The van der Waals surface area contributed by atoms with Crippen molar-refractivity contribution in [2.24, 2.45) is 4.99 Å². The van der Waals surface area contributed by atoms with Gasteiger partial charge in [0.05, 0.1) is 23.8 Å². The van der Waals surface area contributed by atoms with Crippen LogP contribution in [0.25, 0.3) is 0 Å². The van der Waals surface area contributed by atoms with Gasteiger partial charge in [0.1, 0.15) is 0 Å². The van der Waals surface area contributed by atoms with Gasteiger partial charge >= 0.3 is 6.18 Å². The van der Waals surface area contributed by atoms with Crippen molar-refractivity contribution in [3.05, 3.63) is 51.5 Å². The molecule has 1 heterocycles. The highest BCUT2D eigenvalue weighted by Gasteiger charge is 2.33. The van der Waals surface area contributed by atoms with Crippen LogP contribution in [0.1, 0.15) is 49.5 Å². The molecule has 0 aliphatic rings. The molecule has 0 amide bonds. The van der Waals surface area contributed by atoms with Gasteiger partial charge in [0.25, 0.3) is 0 Å². The number of benzene rings is 1. The van der Waals surface area contributed by atoms with Crippen molar-refractivity contribution in [2.45, 2.75) is 59.0 Å². The predicted octanol–water partition coefficient (Wildman–Crippen LogP) is 4.77. The summed E-state index contributed by atoms with van der Waals surface area (Å²) in [6, 6.07) is 8.06. The van der Waals surface area contributed by atoms with Crippen LogP contribution in [0.5, 0.6) is 0 Å². The fraction of sp³-hybridized carbons (Fsp3) is 0.524. The molecule has 0 unspecified atom stereocenters. The first-order valence-corrected chi connectivity index (χ1v) is 10.7. The molecule has 0 atom stereocenters. The number of hydrogen-bond donors (Lipinski definition) is 2. The summed E-state index contributed by atoms with van der Waals surface area (Å²) in [4.78, 5) is 8.21. The summed E-state index contributed by atoms with van der Waals surface area (Å²) in [5.74, 6) is 0.612. The Morgan fingerprint density at radius 1 is 1.17 bits per heavy atom. The molecule has 0 aliphatic heterocycles. The summed E-state index contributed by atoms with van der Waals surface area (Å²) in [5, 5.41) is 7.78. The summed E-state index contributed by atoms with van der Waals surface area (Å²) in [7, 11) is 0. The quantitative estimate of drug-likeness (QED) is 0.457. The monoisotopic (exact) mass is 442 g/mol. The molecule has 5 nitrogen and oxygen atoms in total. The van der Waals surface area contributed by atoms with Crippen LogP contribution in [0.3, 0.4) is 0 Å². The van der Waals surface area contributed by atoms with E-state index in [2.05, 4.69) is 26.7 Å². The third kappa shape index (κ3) is 8.71. The molecule has 0 bridgehead atoms. The number of guanidine groups is 1. The second-order valence-electron chi connectivity index (χ2n) is 7.72. The van der Waals surface area contributed by atoms with E-state index in [1.54, 1.807) is 0 Å². The van der Waals surface area contributed by atoms with Gasteiger partial charge in [-0.1, -0.05) is 24.3 Å². The van der Waals surface area contributed by atoms with Gasteiger partial charge in [-0.2, -0.15) is 13.2 Å². The highest BCUT2D eigenvalue weighted by Crippen LogP contribution is 2.30. The largest absolute Gasteiger partial charge is 0.434 e. The molecular formula is C21H29F3N4OS. The van der Waals surface area contributed by atoms with E-state index in [0.29, 0.717) is 43.6 Å². The zero-order valence-corrected chi connectivity index (χ0v) is 18.6. The van der Waals surface area contributed by atoms with Crippen LogP contribution in [0.2, 0.25) is 0 Å². The molecule has 0 saturated carbocycles. The van der Waals surface area contributed by atoms with Crippen LogP contribution >= 0.6 is 11.3 Å². The first-order chi connectivity index (χ1) is 14.1. The van der Waals surface area contributed by atoms with Crippen molar-refractivity contribution >= 4 is 17.3 Å². The van der Waals surface area contributed by atoms with E-state index in [1.807, 2.05) is 45.9 Å². The van der Waals surface area contributed by atoms with E-state index in [9.17, 15) is 13.2 Å². The first-order valence-electron chi connectivity index (χ1n) is 9.82. The minimum atomic E-state index is -4.40. The number of nitrogens with zero attached hydrogens (tertiary/aromatic N) is 2. The predicted molar refractivity (Wildman–Crippen MR) is 115 cm³/mol. The van der Waals surface area contributed by atoms with Crippen LogP contribution in [0.15, 0.2) is 34.6 Å². The van der Waals surface area contributed by atoms with Crippen LogP contribution in [-0.2, 0) is 30.5 Å². The lowest BCUT2D eigenvalue weighted by molar-refractivity contribution is -0.140. The number of rotatable bonds is 8. The lowest BCUT2D eigenvalue weighted by atomic mass is 10.1. The summed E-state index contributed by atoms with van der Waals surface area (Å²) in [6.07, 6.45) is -4.00. The van der Waals surface area contributed by atoms with Gasteiger partial charge in [-0.25, -0.2) is 9.98 Å². The summed E-state index contributed by atoms with van der Waals surface area (Å²) < 4.78 is 43.7. The van der Waals surface area contributed by atoms with Crippen LogP contribution in [0.4, 0.5) is 13.2 Å². The molecular weight excluding hydrogens is 413 g/mol. The summed E-state index contributed by atoms with van der Waals surface area (Å²) in [5.41, 5.74) is 1.10. The molecule has 0 saturated heterocycles. The minimum absolute atomic E-state index is 0.200. The number of aromatic nitrogens is 1. The number of halogens is 3. The SMILES string of the molecule is CCNC(=NCc1cccc(COC(C)(C)C)c1)NCCc1nc(C(F)(F)F)cs1. The molecule has 30 heavy (non-hydrogen) atoms. The molecule has 166 valence electrons. The van der Waals surface area contributed by atoms with Gasteiger partial charge in [0, 0.05) is 24.9 Å². The van der Waals surface area contributed by atoms with E-state index >= 15 is 0 Å². The van der Waals surface area contributed by atoms with Crippen molar-refractivity contribution in [1.29, 1.82) is 0 Å². The number of hydrogen-bond acceptors (Lipinski definition) is 4. The summed E-state index contributed by atoms with van der Waals surface area (Å²) in [6.45, 7) is 10.2.